The maximum Gasteiger partial charge on any atom is 0.0950 e. The molecule has 3 rings (SSSR count). The second-order valence-electron chi connectivity index (χ2n) is 5.20. The molecular formula is C18H21NO. The zero-order valence-electron chi connectivity index (χ0n) is 11.9. The second-order valence-corrected chi connectivity index (χ2v) is 5.20. The lowest BCUT2D eigenvalue weighted by molar-refractivity contribution is 0.0277. The van der Waals surface area contributed by atoms with Crippen LogP contribution in [0.4, 0.5) is 0 Å². The average molecular weight is 267 g/mol. The molecule has 1 saturated heterocycles. The van der Waals surface area contributed by atoms with Crippen LogP contribution in [0.25, 0.3) is 11.1 Å². The van der Waals surface area contributed by atoms with Crippen molar-refractivity contribution in [3.63, 3.8) is 0 Å². The molecule has 0 radical (unpaired) electrons. The molecule has 1 heterocycles. The molecule has 104 valence electrons. The van der Waals surface area contributed by atoms with Gasteiger partial charge in [-0.3, -0.25) is 0 Å². The van der Waals surface area contributed by atoms with Gasteiger partial charge in [-0.05, 0) is 34.7 Å². The van der Waals surface area contributed by atoms with Crippen LogP contribution in [0, 0.1) is 0 Å². The Labute approximate surface area is 120 Å². The SMILES string of the molecule is CCc1ccc(C2CNCCO2)cc1-c1ccccc1. The van der Waals surface area contributed by atoms with E-state index in [1.54, 1.807) is 0 Å². The molecule has 0 amide bonds. The standard InChI is InChI=1S/C18H21NO/c1-2-14-8-9-16(18-13-19-10-11-20-18)12-17(14)15-6-4-3-5-7-15/h3-9,12,18-19H,2,10-11,13H2,1H3. The molecular weight excluding hydrogens is 246 g/mol. The van der Waals surface area contributed by atoms with E-state index in [4.69, 9.17) is 4.74 Å². The highest BCUT2D eigenvalue weighted by atomic mass is 16.5. The second kappa shape index (κ2) is 6.21. The van der Waals surface area contributed by atoms with E-state index in [0.717, 1.165) is 26.1 Å². The molecule has 1 aliphatic heterocycles. The van der Waals surface area contributed by atoms with Gasteiger partial charge in [-0.25, -0.2) is 0 Å². The summed E-state index contributed by atoms with van der Waals surface area (Å²) in [5.41, 5.74) is 5.28. The van der Waals surface area contributed by atoms with Gasteiger partial charge in [0.1, 0.15) is 0 Å². The third kappa shape index (κ3) is 2.77. The minimum atomic E-state index is 0.178. The zero-order valence-corrected chi connectivity index (χ0v) is 11.9. The third-order valence-electron chi connectivity index (χ3n) is 3.90. The number of rotatable bonds is 3. The summed E-state index contributed by atoms with van der Waals surface area (Å²) in [5.74, 6) is 0. The van der Waals surface area contributed by atoms with Gasteiger partial charge in [0.05, 0.1) is 12.7 Å². The van der Waals surface area contributed by atoms with Gasteiger partial charge in [-0.15, -0.1) is 0 Å². The van der Waals surface area contributed by atoms with Crippen molar-refractivity contribution >= 4 is 0 Å². The fourth-order valence-corrected chi connectivity index (χ4v) is 2.77. The van der Waals surface area contributed by atoms with Crippen molar-refractivity contribution in [2.45, 2.75) is 19.4 Å². The fraction of sp³-hybridized carbons (Fsp3) is 0.333. The van der Waals surface area contributed by atoms with Crippen molar-refractivity contribution in [3.05, 3.63) is 59.7 Å². The van der Waals surface area contributed by atoms with Crippen LogP contribution in [0.3, 0.4) is 0 Å². The summed E-state index contributed by atoms with van der Waals surface area (Å²) < 4.78 is 5.87. The summed E-state index contributed by atoms with van der Waals surface area (Å²) in [7, 11) is 0. The number of ether oxygens (including phenoxy) is 1. The van der Waals surface area contributed by atoms with Crippen LogP contribution in [0.15, 0.2) is 48.5 Å². The van der Waals surface area contributed by atoms with Crippen molar-refractivity contribution in [1.29, 1.82) is 0 Å². The van der Waals surface area contributed by atoms with Gasteiger partial charge in [0.15, 0.2) is 0 Å². The van der Waals surface area contributed by atoms with Crippen molar-refractivity contribution < 1.29 is 4.74 Å². The molecule has 1 unspecified atom stereocenters. The first-order valence-electron chi connectivity index (χ1n) is 7.39. The molecule has 0 spiro atoms. The zero-order chi connectivity index (χ0) is 13.8. The van der Waals surface area contributed by atoms with Gasteiger partial charge in [-0.1, -0.05) is 49.4 Å². The van der Waals surface area contributed by atoms with E-state index in [9.17, 15) is 0 Å². The first-order chi connectivity index (χ1) is 9.88. The van der Waals surface area contributed by atoms with Gasteiger partial charge in [0.25, 0.3) is 0 Å². The largest absolute Gasteiger partial charge is 0.371 e. The maximum absolute atomic E-state index is 5.87. The Balaban J connectivity index is 1.98. The summed E-state index contributed by atoms with van der Waals surface area (Å²) in [4.78, 5) is 0. The molecule has 0 saturated carbocycles. The van der Waals surface area contributed by atoms with E-state index in [1.165, 1.54) is 22.3 Å². The minimum absolute atomic E-state index is 0.178. The molecule has 2 aromatic carbocycles. The Hall–Kier alpha value is -1.64. The predicted molar refractivity (Wildman–Crippen MR) is 82.8 cm³/mol. The molecule has 0 bridgehead atoms. The minimum Gasteiger partial charge on any atom is -0.371 e. The van der Waals surface area contributed by atoms with E-state index in [0.29, 0.717) is 0 Å². The molecule has 1 aliphatic rings. The van der Waals surface area contributed by atoms with Crippen molar-refractivity contribution in [1.82, 2.24) is 5.32 Å². The first-order valence-corrected chi connectivity index (χ1v) is 7.39. The Morgan fingerprint density at radius 3 is 2.70 bits per heavy atom. The molecule has 0 aromatic heterocycles. The Bertz CT molecular complexity index is 559. The topological polar surface area (TPSA) is 21.3 Å². The Kier molecular flexibility index (Phi) is 4.14. The van der Waals surface area contributed by atoms with Gasteiger partial charge in [0, 0.05) is 13.1 Å². The monoisotopic (exact) mass is 267 g/mol. The lowest BCUT2D eigenvalue weighted by Crippen LogP contribution is -2.33. The van der Waals surface area contributed by atoms with E-state index < -0.39 is 0 Å². The number of hydrogen-bond donors (Lipinski definition) is 1. The smallest absolute Gasteiger partial charge is 0.0950 e. The van der Waals surface area contributed by atoms with Crippen molar-refractivity contribution in [2.24, 2.45) is 0 Å². The van der Waals surface area contributed by atoms with Crippen LogP contribution in [0.1, 0.15) is 24.2 Å². The van der Waals surface area contributed by atoms with Crippen LogP contribution < -0.4 is 5.32 Å². The average Bonchev–Trinajstić information content (AvgIpc) is 2.56. The molecule has 2 aromatic rings. The number of hydrogen-bond acceptors (Lipinski definition) is 2. The molecule has 1 fully saturated rings. The molecule has 1 N–H and O–H groups in total. The van der Waals surface area contributed by atoms with Crippen molar-refractivity contribution in [2.75, 3.05) is 19.7 Å². The Morgan fingerprint density at radius 2 is 2.00 bits per heavy atom. The molecule has 1 atom stereocenters. The lowest BCUT2D eigenvalue weighted by atomic mass is 9.94. The quantitative estimate of drug-likeness (QED) is 0.918. The maximum atomic E-state index is 5.87. The predicted octanol–water partition coefficient (Wildman–Crippen LogP) is 3.58. The molecule has 2 heteroatoms. The summed E-state index contributed by atoms with van der Waals surface area (Å²) in [5, 5.41) is 3.40. The number of benzene rings is 2. The number of nitrogens with one attached hydrogen (secondary N) is 1. The van der Waals surface area contributed by atoms with Gasteiger partial charge in [0.2, 0.25) is 0 Å². The highest BCUT2D eigenvalue weighted by Crippen LogP contribution is 2.29. The summed E-state index contributed by atoms with van der Waals surface area (Å²) in [6.45, 7) is 4.86. The Morgan fingerprint density at radius 1 is 1.15 bits per heavy atom. The van der Waals surface area contributed by atoms with Gasteiger partial charge in [-0.2, -0.15) is 0 Å². The summed E-state index contributed by atoms with van der Waals surface area (Å²) in [6.07, 6.45) is 1.23. The molecule has 0 aliphatic carbocycles. The van der Waals surface area contributed by atoms with E-state index in [2.05, 4.69) is 60.8 Å². The lowest BCUT2D eigenvalue weighted by Gasteiger charge is -2.25. The molecule has 20 heavy (non-hydrogen) atoms. The van der Waals surface area contributed by atoms with E-state index in [-0.39, 0.29) is 6.10 Å². The van der Waals surface area contributed by atoms with Crippen LogP contribution >= 0.6 is 0 Å². The van der Waals surface area contributed by atoms with Crippen molar-refractivity contribution in [3.8, 4) is 11.1 Å². The highest BCUT2D eigenvalue weighted by Gasteiger charge is 2.17. The van der Waals surface area contributed by atoms with E-state index >= 15 is 0 Å². The first kappa shape index (κ1) is 13.3. The van der Waals surface area contributed by atoms with Crippen LogP contribution in [0.2, 0.25) is 0 Å². The van der Waals surface area contributed by atoms with Crippen LogP contribution in [0.5, 0.6) is 0 Å². The van der Waals surface area contributed by atoms with E-state index in [1.807, 2.05) is 0 Å². The summed E-state index contributed by atoms with van der Waals surface area (Å²) >= 11 is 0. The number of aryl methyl sites for hydroxylation is 1. The van der Waals surface area contributed by atoms with Gasteiger partial charge >= 0.3 is 0 Å². The number of morpholine rings is 1. The van der Waals surface area contributed by atoms with Gasteiger partial charge < -0.3 is 10.1 Å². The van der Waals surface area contributed by atoms with Crippen LogP contribution in [-0.4, -0.2) is 19.7 Å². The summed E-state index contributed by atoms with van der Waals surface area (Å²) in [6, 6.07) is 17.4. The fourth-order valence-electron chi connectivity index (χ4n) is 2.77. The highest BCUT2D eigenvalue weighted by molar-refractivity contribution is 5.68. The third-order valence-corrected chi connectivity index (χ3v) is 3.90. The normalized spacial score (nSPS) is 18.9. The van der Waals surface area contributed by atoms with Crippen LogP contribution in [-0.2, 0) is 11.2 Å². The molecule has 2 nitrogen and oxygen atoms in total.